The van der Waals surface area contributed by atoms with E-state index < -0.39 is 5.92 Å². The summed E-state index contributed by atoms with van der Waals surface area (Å²) in [6, 6.07) is 27.2. The monoisotopic (exact) mass is 354 g/mol. The lowest BCUT2D eigenvalue weighted by atomic mass is 9.82. The largest absolute Gasteiger partial charge is 0.301 e. The number of Topliss-reactive ketones (excluding diaryl/α,β-unsaturated/α-hetero) is 2. The molecule has 0 fully saturated rings. The van der Waals surface area contributed by atoms with Crippen molar-refractivity contribution in [3.05, 3.63) is 108 Å². The zero-order valence-electron chi connectivity index (χ0n) is 14.6. The molecule has 4 nitrogen and oxygen atoms in total. The van der Waals surface area contributed by atoms with Gasteiger partial charge in [0.1, 0.15) is 5.71 Å². The summed E-state index contributed by atoms with van der Waals surface area (Å²) >= 11 is 0. The second-order valence-corrected chi connectivity index (χ2v) is 6.42. The van der Waals surface area contributed by atoms with Crippen molar-refractivity contribution in [2.45, 2.75) is 6.04 Å². The van der Waals surface area contributed by atoms with Crippen molar-refractivity contribution in [2.75, 3.05) is 0 Å². The van der Waals surface area contributed by atoms with Gasteiger partial charge in [0.05, 0.1) is 12.0 Å². The number of nitrogens with one attached hydrogen (secondary N) is 1. The average Bonchev–Trinajstić information content (AvgIpc) is 3.19. The van der Waals surface area contributed by atoms with E-state index in [2.05, 4.69) is 10.5 Å². The van der Waals surface area contributed by atoms with Crippen molar-refractivity contribution in [1.29, 1.82) is 0 Å². The Balaban J connectivity index is 1.74. The van der Waals surface area contributed by atoms with Gasteiger partial charge < -0.3 is 5.43 Å². The normalized spacial score (nSPS) is 18.4. The first kappa shape index (κ1) is 16.9. The number of nitrogens with zero attached hydrogens (tertiary/aromatic N) is 1. The van der Waals surface area contributed by atoms with E-state index in [0.29, 0.717) is 11.1 Å². The Morgan fingerprint density at radius 1 is 0.704 bits per heavy atom. The Kier molecular flexibility index (Phi) is 4.62. The maximum atomic E-state index is 13.3. The summed E-state index contributed by atoms with van der Waals surface area (Å²) in [5.74, 6) is -1.02. The van der Waals surface area contributed by atoms with Gasteiger partial charge in [-0.25, -0.2) is 0 Å². The lowest BCUT2D eigenvalue weighted by Gasteiger charge is -2.20. The molecule has 27 heavy (non-hydrogen) atoms. The van der Waals surface area contributed by atoms with Gasteiger partial charge in [0.15, 0.2) is 5.78 Å². The van der Waals surface area contributed by atoms with Gasteiger partial charge >= 0.3 is 0 Å². The molecule has 0 aliphatic carbocycles. The lowest BCUT2D eigenvalue weighted by Crippen LogP contribution is -2.33. The number of ketones is 2. The quantitative estimate of drug-likeness (QED) is 0.703. The van der Waals surface area contributed by atoms with E-state index in [9.17, 15) is 9.59 Å². The highest BCUT2D eigenvalue weighted by atomic mass is 16.1. The van der Waals surface area contributed by atoms with Crippen LogP contribution < -0.4 is 5.43 Å². The Bertz CT molecular complexity index is 983. The molecule has 1 heterocycles. The Labute approximate surface area is 157 Å². The summed E-state index contributed by atoms with van der Waals surface area (Å²) in [4.78, 5) is 26.4. The highest BCUT2D eigenvalue weighted by molar-refractivity contribution is 6.50. The Hall–Kier alpha value is -3.53. The van der Waals surface area contributed by atoms with Crippen LogP contribution in [0.25, 0.3) is 0 Å². The molecule has 1 N–H and O–H groups in total. The van der Waals surface area contributed by atoms with Gasteiger partial charge in [-0.1, -0.05) is 91.0 Å². The van der Waals surface area contributed by atoms with Crippen molar-refractivity contribution in [3.8, 4) is 0 Å². The SMILES string of the molecule is O=C(C1=NNC(c2ccccc2)C1C(=O)c1ccccc1)c1ccccc1. The van der Waals surface area contributed by atoms with Gasteiger partial charge in [-0.3, -0.25) is 9.59 Å². The molecule has 132 valence electrons. The van der Waals surface area contributed by atoms with Crippen LogP contribution in [0.5, 0.6) is 0 Å². The topological polar surface area (TPSA) is 58.5 Å². The molecule has 2 atom stereocenters. The fourth-order valence-electron chi connectivity index (χ4n) is 3.36. The van der Waals surface area contributed by atoms with Crippen LogP contribution in [0.15, 0.2) is 96.1 Å². The molecule has 0 spiro atoms. The number of carbonyl (C=O) groups excluding carboxylic acids is 2. The van der Waals surface area contributed by atoms with Crippen LogP contribution in [0.4, 0.5) is 0 Å². The number of hydrogen-bond donors (Lipinski definition) is 1. The molecule has 0 amide bonds. The predicted octanol–water partition coefficient (Wildman–Crippen LogP) is 4.07. The molecule has 1 aliphatic heterocycles. The number of carbonyl (C=O) groups is 2. The third kappa shape index (κ3) is 3.29. The fourth-order valence-corrected chi connectivity index (χ4v) is 3.36. The molecule has 0 saturated carbocycles. The van der Waals surface area contributed by atoms with Crippen molar-refractivity contribution in [3.63, 3.8) is 0 Å². The fraction of sp³-hybridized carbons (Fsp3) is 0.0870. The number of rotatable bonds is 5. The summed E-state index contributed by atoms with van der Waals surface area (Å²) in [7, 11) is 0. The maximum Gasteiger partial charge on any atom is 0.209 e. The molecular formula is C23H18N2O2. The molecule has 3 aromatic rings. The molecule has 2 unspecified atom stereocenters. The molecular weight excluding hydrogens is 336 g/mol. The molecule has 0 saturated heterocycles. The van der Waals surface area contributed by atoms with Gasteiger partial charge in [0, 0.05) is 11.1 Å². The van der Waals surface area contributed by atoms with Crippen LogP contribution in [0, 0.1) is 5.92 Å². The van der Waals surface area contributed by atoms with Crippen LogP contribution in [0.1, 0.15) is 32.3 Å². The zero-order chi connectivity index (χ0) is 18.6. The minimum Gasteiger partial charge on any atom is -0.301 e. The van der Waals surface area contributed by atoms with Crippen LogP contribution >= 0.6 is 0 Å². The number of benzene rings is 3. The van der Waals surface area contributed by atoms with Gasteiger partial charge in [-0.2, -0.15) is 5.10 Å². The van der Waals surface area contributed by atoms with E-state index in [1.165, 1.54) is 0 Å². The van der Waals surface area contributed by atoms with E-state index in [1.54, 1.807) is 36.4 Å². The summed E-state index contributed by atoms with van der Waals surface area (Å²) in [6.45, 7) is 0. The minimum atomic E-state index is -0.678. The maximum absolute atomic E-state index is 13.3. The van der Waals surface area contributed by atoms with Crippen molar-refractivity contribution >= 4 is 17.3 Å². The molecule has 1 aliphatic rings. The first-order valence-corrected chi connectivity index (χ1v) is 8.83. The van der Waals surface area contributed by atoms with Gasteiger partial charge in [0.2, 0.25) is 5.78 Å². The average molecular weight is 354 g/mol. The smallest absolute Gasteiger partial charge is 0.209 e. The highest BCUT2D eigenvalue weighted by Crippen LogP contribution is 2.32. The first-order chi connectivity index (χ1) is 13.3. The summed E-state index contributed by atoms with van der Waals surface area (Å²) in [6.07, 6.45) is 0. The molecule has 3 aromatic carbocycles. The number of hydrogen-bond acceptors (Lipinski definition) is 4. The van der Waals surface area contributed by atoms with E-state index >= 15 is 0 Å². The van der Waals surface area contributed by atoms with E-state index in [0.717, 1.165) is 5.56 Å². The van der Waals surface area contributed by atoms with E-state index in [4.69, 9.17) is 0 Å². The third-order valence-corrected chi connectivity index (χ3v) is 4.72. The summed E-state index contributed by atoms with van der Waals surface area (Å²) < 4.78 is 0. The molecule has 0 radical (unpaired) electrons. The van der Waals surface area contributed by atoms with Crippen LogP contribution in [-0.2, 0) is 0 Å². The molecule has 4 rings (SSSR count). The van der Waals surface area contributed by atoms with Gasteiger partial charge in [-0.05, 0) is 5.56 Å². The minimum absolute atomic E-state index is 0.113. The van der Waals surface area contributed by atoms with Gasteiger partial charge in [-0.15, -0.1) is 0 Å². The summed E-state index contributed by atoms with van der Waals surface area (Å²) in [5.41, 5.74) is 5.29. The van der Waals surface area contributed by atoms with E-state index in [1.807, 2.05) is 54.6 Å². The first-order valence-electron chi connectivity index (χ1n) is 8.83. The van der Waals surface area contributed by atoms with Crippen molar-refractivity contribution in [2.24, 2.45) is 11.0 Å². The molecule has 0 bridgehead atoms. The Morgan fingerprint density at radius 2 is 1.22 bits per heavy atom. The molecule has 4 heteroatoms. The second-order valence-electron chi connectivity index (χ2n) is 6.42. The lowest BCUT2D eigenvalue weighted by molar-refractivity contribution is 0.0927. The van der Waals surface area contributed by atoms with Gasteiger partial charge in [0.25, 0.3) is 0 Å². The Morgan fingerprint density at radius 3 is 1.81 bits per heavy atom. The van der Waals surface area contributed by atoms with Crippen LogP contribution in [-0.4, -0.2) is 17.3 Å². The van der Waals surface area contributed by atoms with Crippen LogP contribution in [0.2, 0.25) is 0 Å². The van der Waals surface area contributed by atoms with Crippen molar-refractivity contribution in [1.82, 2.24) is 5.43 Å². The third-order valence-electron chi connectivity index (χ3n) is 4.72. The predicted molar refractivity (Wildman–Crippen MR) is 105 cm³/mol. The standard InChI is InChI=1S/C23H18N2O2/c26-22(17-12-6-2-7-13-17)19-20(16-10-4-1-5-11-16)24-25-21(19)23(27)18-14-8-3-9-15-18/h1-15,19-20,24H. The highest BCUT2D eigenvalue weighted by Gasteiger charge is 2.41. The molecule has 0 aromatic heterocycles. The van der Waals surface area contributed by atoms with E-state index in [-0.39, 0.29) is 23.3 Å². The summed E-state index contributed by atoms with van der Waals surface area (Å²) in [5, 5.41) is 4.29. The zero-order valence-corrected chi connectivity index (χ0v) is 14.6. The second kappa shape index (κ2) is 7.38. The van der Waals surface area contributed by atoms with Crippen molar-refractivity contribution < 1.29 is 9.59 Å². The number of hydrazone groups is 1. The van der Waals surface area contributed by atoms with Crippen LogP contribution in [0.3, 0.4) is 0 Å².